The highest BCUT2D eigenvalue weighted by Gasteiger charge is 2.13. The lowest BCUT2D eigenvalue weighted by atomic mass is 10.2. The van der Waals surface area contributed by atoms with Crippen molar-refractivity contribution >= 4 is 28.7 Å². The summed E-state index contributed by atoms with van der Waals surface area (Å²) in [4.78, 5) is 12.3. The van der Waals surface area contributed by atoms with Crippen molar-refractivity contribution in [3.05, 3.63) is 66.0 Å². The Morgan fingerprint density at radius 1 is 1.20 bits per heavy atom. The van der Waals surface area contributed by atoms with E-state index in [0.29, 0.717) is 11.4 Å². The molecule has 3 rings (SSSR count). The molecule has 3 aromatic rings. The van der Waals surface area contributed by atoms with Crippen molar-refractivity contribution in [2.24, 2.45) is 0 Å². The third-order valence-corrected chi connectivity index (χ3v) is 3.37. The predicted octanol–water partition coefficient (Wildman–Crippen LogP) is 3.33. The number of para-hydroxylation sites is 1. The van der Waals surface area contributed by atoms with Crippen LogP contribution in [0, 0.1) is 0 Å². The standard InChI is InChI=1S/C15H12ClN3O/c16-9-11-5-1-2-6-13(11)18-15(20)12-10-17-19-8-4-3-7-14(12)19/h1-8,10H,9H2,(H,18,20). The molecule has 0 aliphatic rings. The van der Waals surface area contributed by atoms with Crippen molar-refractivity contribution < 1.29 is 4.79 Å². The van der Waals surface area contributed by atoms with Gasteiger partial charge in [0.1, 0.15) is 0 Å². The summed E-state index contributed by atoms with van der Waals surface area (Å²) in [6.45, 7) is 0. The smallest absolute Gasteiger partial charge is 0.259 e. The molecule has 0 spiro atoms. The van der Waals surface area contributed by atoms with E-state index in [9.17, 15) is 4.79 Å². The molecule has 1 aromatic carbocycles. The average Bonchev–Trinajstić information content (AvgIpc) is 2.92. The molecule has 20 heavy (non-hydrogen) atoms. The minimum atomic E-state index is -0.191. The number of anilines is 1. The van der Waals surface area contributed by atoms with Gasteiger partial charge in [-0.05, 0) is 23.8 Å². The number of hydrogen-bond acceptors (Lipinski definition) is 2. The summed E-state index contributed by atoms with van der Waals surface area (Å²) in [5.74, 6) is 0.161. The summed E-state index contributed by atoms with van der Waals surface area (Å²) in [5.41, 5.74) is 2.92. The van der Waals surface area contributed by atoms with Gasteiger partial charge in [-0.2, -0.15) is 5.10 Å². The van der Waals surface area contributed by atoms with E-state index in [-0.39, 0.29) is 5.91 Å². The monoisotopic (exact) mass is 285 g/mol. The van der Waals surface area contributed by atoms with Gasteiger partial charge in [0.2, 0.25) is 0 Å². The number of aromatic nitrogens is 2. The largest absolute Gasteiger partial charge is 0.322 e. The van der Waals surface area contributed by atoms with E-state index in [1.807, 2.05) is 42.5 Å². The SMILES string of the molecule is O=C(Nc1ccccc1CCl)c1cnn2ccccc12. The zero-order chi connectivity index (χ0) is 13.9. The number of amides is 1. The third-order valence-electron chi connectivity index (χ3n) is 3.08. The predicted molar refractivity (Wildman–Crippen MR) is 79.1 cm³/mol. The first-order chi connectivity index (χ1) is 9.79. The van der Waals surface area contributed by atoms with Gasteiger partial charge in [-0.25, -0.2) is 4.52 Å². The molecule has 0 aliphatic heterocycles. The van der Waals surface area contributed by atoms with Crippen molar-refractivity contribution in [1.29, 1.82) is 0 Å². The molecule has 100 valence electrons. The van der Waals surface area contributed by atoms with Gasteiger partial charge >= 0.3 is 0 Å². The van der Waals surface area contributed by atoms with E-state index in [2.05, 4.69) is 10.4 Å². The first-order valence-corrected chi connectivity index (χ1v) is 6.70. The molecule has 0 unspecified atom stereocenters. The molecular weight excluding hydrogens is 274 g/mol. The highest BCUT2D eigenvalue weighted by molar-refractivity contribution is 6.18. The highest BCUT2D eigenvalue weighted by atomic mass is 35.5. The molecule has 0 bridgehead atoms. The number of alkyl halides is 1. The topological polar surface area (TPSA) is 46.4 Å². The quantitative estimate of drug-likeness (QED) is 0.750. The van der Waals surface area contributed by atoms with E-state index >= 15 is 0 Å². The minimum Gasteiger partial charge on any atom is -0.322 e. The number of rotatable bonds is 3. The van der Waals surface area contributed by atoms with Crippen LogP contribution in [0.3, 0.4) is 0 Å². The maximum Gasteiger partial charge on any atom is 0.259 e. The molecule has 2 heterocycles. The molecule has 0 saturated carbocycles. The van der Waals surface area contributed by atoms with Gasteiger partial charge in [0.05, 0.1) is 17.3 Å². The van der Waals surface area contributed by atoms with Crippen molar-refractivity contribution in [3.8, 4) is 0 Å². The fraction of sp³-hybridized carbons (Fsp3) is 0.0667. The number of pyridine rings is 1. The number of hydrogen-bond donors (Lipinski definition) is 1. The minimum absolute atomic E-state index is 0.191. The van der Waals surface area contributed by atoms with Crippen LogP contribution in [-0.4, -0.2) is 15.5 Å². The zero-order valence-electron chi connectivity index (χ0n) is 10.6. The first kappa shape index (κ1) is 12.7. The van der Waals surface area contributed by atoms with Gasteiger partial charge in [0.25, 0.3) is 5.91 Å². The number of nitrogens with zero attached hydrogens (tertiary/aromatic N) is 2. The van der Waals surface area contributed by atoms with Gasteiger partial charge in [-0.1, -0.05) is 24.3 Å². The molecular formula is C15H12ClN3O. The maximum absolute atomic E-state index is 12.3. The average molecular weight is 286 g/mol. The van der Waals surface area contributed by atoms with Gasteiger partial charge < -0.3 is 5.32 Å². The van der Waals surface area contributed by atoms with E-state index in [1.54, 1.807) is 16.9 Å². The van der Waals surface area contributed by atoms with E-state index in [0.717, 1.165) is 16.8 Å². The lowest BCUT2D eigenvalue weighted by Crippen LogP contribution is -2.12. The Hall–Kier alpha value is -2.33. The summed E-state index contributed by atoms with van der Waals surface area (Å²) in [5, 5.41) is 7.03. The van der Waals surface area contributed by atoms with Crippen LogP contribution in [0.1, 0.15) is 15.9 Å². The zero-order valence-corrected chi connectivity index (χ0v) is 11.3. The van der Waals surface area contributed by atoms with Gasteiger partial charge in [-0.15, -0.1) is 11.6 Å². The van der Waals surface area contributed by atoms with Gasteiger partial charge in [0.15, 0.2) is 0 Å². The van der Waals surface area contributed by atoms with Crippen LogP contribution >= 0.6 is 11.6 Å². The normalized spacial score (nSPS) is 10.7. The fourth-order valence-electron chi connectivity index (χ4n) is 2.06. The summed E-state index contributed by atoms with van der Waals surface area (Å²) in [6, 6.07) is 13.1. The molecule has 0 atom stereocenters. The van der Waals surface area contributed by atoms with Crippen LogP contribution in [0.4, 0.5) is 5.69 Å². The Kier molecular flexibility index (Phi) is 3.39. The Morgan fingerprint density at radius 3 is 2.85 bits per heavy atom. The number of fused-ring (bicyclic) bond motifs is 1. The first-order valence-electron chi connectivity index (χ1n) is 6.17. The van der Waals surface area contributed by atoms with Crippen molar-refractivity contribution in [3.63, 3.8) is 0 Å². The number of nitrogens with one attached hydrogen (secondary N) is 1. The molecule has 0 saturated heterocycles. The van der Waals surface area contributed by atoms with Crippen molar-refractivity contribution in [1.82, 2.24) is 9.61 Å². The summed E-state index contributed by atoms with van der Waals surface area (Å²) < 4.78 is 1.67. The third kappa shape index (κ3) is 2.26. The van der Waals surface area contributed by atoms with Gasteiger partial charge in [-0.3, -0.25) is 4.79 Å². The van der Waals surface area contributed by atoms with E-state index in [4.69, 9.17) is 11.6 Å². The van der Waals surface area contributed by atoms with Crippen molar-refractivity contribution in [2.75, 3.05) is 5.32 Å². The Morgan fingerprint density at radius 2 is 2.00 bits per heavy atom. The second-order valence-corrected chi connectivity index (χ2v) is 4.60. The number of halogens is 1. The summed E-state index contributed by atoms with van der Waals surface area (Å²) in [6.07, 6.45) is 3.37. The van der Waals surface area contributed by atoms with Crippen LogP contribution < -0.4 is 5.32 Å². The molecule has 0 radical (unpaired) electrons. The second-order valence-electron chi connectivity index (χ2n) is 4.33. The van der Waals surface area contributed by atoms with Crippen LogP contribution in [0.2, 0.25) is 0 Å². The number of carbonyl (C=O) groups excluding carboxylic acids is 1. The molecule has 0 aliphatic carbocycles. The number of carbonyl (C=O) groups is 1. The number of benzene rings is 1. The van der Waals surface area contributed by atoms with Crippen LogP contribution in [-0.2, 0) is 5.88 Å². The molecule has 1 amide bonds. The lowest BCUT2D eigenvalue weighted by Gasteiger charge is -2.08. The Bertz CT molecular complexity index is 766. The van der Waals surface area contributed by atoms with Crippen LogP contribution in [0.15, 0.2) is 54.9 Å². The lowest BCUT2D eigenvalue weighted by molar-refractivity contribution is 0.102. The van der Waals surface area contributed by atoms with Crippen LogP contribution in [0.25, 0.3) is 5.52 Å². The van der Waals surface area contributed by atoms with E-state index in [1.165, 1.54) is 0 Å². The highest BCUT2D eigenvalue weighted by Crippen LogP contribution is 2.19. The van der Waals surface area contributed by atoms with Crippen molar-refractivity contribution in [2.45, 2.75) is 5.88 Å². The van der Waals surface area contributed by atoms with Gasteiger partial charge in [0, 0.05) is 17.8 Å². The molecule has 0 fully saturated rings. The molecule has 4 nitrogen and oxygen atoms in total. The maximum atomic E-state index is 12.3. The van der Waals surface area contributed by atoms with E-state index < -0.39 is 0 Å². The second kappa shape index (κ2) is 5.35. The van der Waals surface area contributed by atoms with Crippen LogP contribution in [0.5, 0.6) is 0 Å². The summed E-state index contributed by atoms with van der Waals surface area (Å²) in [7, 11) is 0. The molecule has 1 N–H and O–H groups in total. The molecule has 5 heteroatoms. The Balaban J connectivity index is 1.93. The summed E-state index contributed by atoms with van der Waals surface area (Å²) >= 11 is 5.87. The fourth-order valence-corrected chi connectivity index (χ4v) is 2.29. The Labute approximate surface area is 121 Å². The molecule has 2 aromatic heterocycles.